The maximum atomic E-state index is 12.7. The summed E-state index contributed by atoms with van der Waals surface area (Å²) in [6, 6.07) is 8.83. The van der Waals surface area contributed by atoms with E-state index in [9.17, 15) is 9.59 Å². The van der Waals surface area contributed by atoms with E-state index in [0.29, 0.717) is 13.0 Å². The SMILES string of the molecule is CC(C)c1ncc(C[C@H](NC(=O)OC(C)(C)C)C(=O)NCc2ccccc2)[nH]1. The molecule has 0 aliphatic rings. The summed E-state index contributed by atoms with van der Waals surface area (Å²) in [6.45, 7) is 9.78. The molecule has 1 heterocycles. The highest BCUT2D eigenvalue weighted by Gasteiger charge is 2.25. The van der Waals surface area contributed by atoms with Gasteiger partial charge in [0.2, 0.25) is 5.91 Å². The molecule has 28 heavy (non-hydrogen) atoms. The summed E-state index contributed by atoms with van der Waals surface area (Å²) in [5, 5.41) is 5.55. The summed E-state index contributed by atoms with van der Waals surface area (Å²) in [4.78, 5) is 32.5. The Morgan fingerprint density at radius 2 is 1.86 bits per heavy atom. The number of carbonyl (C=O) groups excluding carboxylic acids is 2. The lowest BCUT2D eigenvalue weighted by Gasteiger charge is -2.23. The monoisotopic (exact) mass is 386 g/mol. The van der Waals surface area contributed by atoms with E-state index in [1.165, 1.54) is 0 Å². The van der Waals surface area contributed by atoms with Gasteiger partial charge in [0.1, 0.15) is 17.5 Å². The van der Waals surface area contributed by atoms with Crippen LogP contribution in [0, 0.1) is 0 Å². The van der Waals surface area contributed by atoms with Crippen molar-refractivity contribution in [3.8, 4) is 0 Å². The van der Waals surface area contributed by atoms with E-state index in [4.69, 9.17) is 4.74 Å². The van der Waals surface area contributed by atoms with Crippen molar-refractivity contribution in [2.75, 3.05) is 0 Å². The Morgan fingerprint density at radius 1 is 1.18 bits per heavy atom. The van der Waals surface area contributed by atoms with Crippen molar-refractivity contribution in [3.05, 3.63) is 53.6 Å². The van der Waals surface area contributed by atoms with Gasteiger partial charge in [-0.25, -0.2) is 9.78 Å². The quantitative estimate of drug-likeness (QED) is 0.680. The van der Waals surface area contributed by atoms with Gasteiger partial charge in [0, 0.05) is 30.8 Å². The molecular formula is C21H30N4O3. The number of benzene rings is 1. The lowest BCUT2D eigenvalue weighted by Crippen LogP contribution is -2.49. The molecule has 0 radical (unpaired) electrons. The van der Waals surface area contributed by atoms with E-state index in [2.05, 4.69) is 20.6 Å². The highest BCUT2D eigenvalue weighted by Crippen LogP contribution is 2.12. The number of ether oxygens (including phenoxy) is 1. The van der Waals surface area contributed by atoms with E-state index in [1.54, 1.807) is 27.0 Å². The molecule has 2 rings (SSSR count). The maximum Gasteiger partial charge on any atom is 0.408 e. The molecule has 0 fully saturated rings. The van der Waals surface area contributed by atoms with Crippen LogP contribution in [0.25, 0.3) is 0 Å². The Labute approximate surface area is 166 Å². The number of rotatable bonds is 7. The first-order valence-corrected chi connectivity index (χ1v) is 9.49. The van der Waals surface area contributed by atoms with Gasteiger partial charge < -0.3 is 20.4 Å². The van der Waals surface area contributed by atoms with Crippen molar-refractivity contribution in [2.24, 2.45) is 0 Å². The molecule has 152 valence electrons. The fourth-order valence-electron chi connectivity index (χ4n) is 2.56. The summed E-state index contributed by atoms with van der Waals surface area (Å²) in [5.41, 5.74) is 1.11. The van der Waals surface area contributed by atoms with Crippen LogP contribution in [0.3, 0.4) is 0 Å². The van der Waals surface area contributed by atoms with Gasteiger partial charge in [-0.15, -0.1) is 0 Å². The second-order valence-corrected chi connectivity index (χ2v) is 8.05. The number of hydrogen-bond acceptors (Lipinski definition) is 4. The predicted octanol–water partition coefficient (Wildman–Crippen LogP) is 3.29. The Kier molecular flexibility index (Phi) is 7.20. The van der Waals surface area contributed by atoms with Crippen LogP contribution in [0.1, 0.15) is 57.6 Å². The first kappa shape index (κ1) is 21.5. The van der Waals surface area contributed by atoms with Crippen molar-refractivity contribution >= 4 is 12.0 Å². The smallest absolute Gasteiger partial charge is 0.408 e. The van der Waals surface area contributed by atoms with Gasteiger partial charge >= 0.3 is 6.09 Å². The first-order chi connectivity index (χ1) is 13.1. The fourth-order valence-corrected chi connectivity index (χ4v) is 2.56. The molecule has 1 aromatic carbocycles. The van der Waals surface area contributed by atoms with Gasteiger partial charge in [-0.3, -0.25) is 4.79 Å². The van der Waals surface area contributed by atoms with Gasteiger partial charge in [-0.05, 0) is 26.3 Å². The van der Waals surface area contributed by atoms with Gasteiger partial charge in [0.25, 0.3) is 0 Å². The van der Waals surface area contributed by atoms with E-state index in [1.807, 2.05) is 44.2 Å². The van der Waals surface area contributed by atoms with Crippen molar-refractivity contribution < 1.29 is 14.3 Å². The number of aromatic amines is 1. The third kappa shape index (κ3) is 7.06. The number of nitrogens with zero attached hydrogens (tertiary/aromatic N) is 1. The summed E-state index contributed by atoms with van der Waals surface area (Å²) in [7, 11) is 0. The van der Waals surface area contributed by atoms with Crippen LogP contribution in [-0.2, 0) is 22.5 Å². The number of imidazole rings is 1. The minimum atomic E-state index is -0.779. The minimum absolute atomic E-state index is 0.248. The van der Waals surface area contributed by atoms with Crippen molar-refractivity contribution in [1.82, 2.24) is 20.6 Å². The van der Waals surface area contributed by atoms with E-state index < -0.39 is 17.7 Å². The minimum Gasteiger partial charge on any atom is -0.444 e. The molecule has 0 unspecified atom stereocenters. The molecule has 1 aromatic heterocycles. The van der Waals surface area contributed by atoms with Gasteiger partial charge in [-0.1, -0.05) is 44.2 Å². The average Bonchev–Trinajstić information content (AvgIpc) is 3.07. The zero-order valence-corrected chi connectivity index (χ0v) is 17.2. The normalized spacial score (nSPS) is 12.5. The molecule has 3 N–H and O–H groups in total. The lowest BCUT2D eigenvalue weighted by atomic mass is 10.1. The number of alkyl carbamates (subject to hydrolysis) is 1. The second kappa shape index (κ2) is 9.39. The van der Waals surface area contributed by atoms with Gasteiger partial charge in [-0.2, -0.15) is 0 Å². The molecule has 0 aliphatic carbocycles. The van der Waals surface area contributed by atoms with Crippen molar-refractivity contribution in [3.63, 3.8) is 0 Å². The molecule has 0 saturated heterocycles. The van der Waals surface area contributed by atoms with Crippen LogP contribution >= 0.6 is 0 Å². The molecule has 2 amide bonds. The Hall–Kier alpha value is -2.83. The molecule has 1 atom stereocenters. The molecule has 0 spiro atoms. The second-order valence-electron chi connectivity index (χ2n) is 8.05. The molecule has 7 heteroatoms. The predicted molar refractivity (Wildman–Crippen MR) is 108 cm³/mol. The Morgan fingerprint density at radius 3 is 2.43 bits per heavy atom. The third-order valence-corrected chi connectivity index (χ3v) is 3.94. The molecule has 7 nitrogen and oxygen atoms in total. The van der Waals surface area contributed by atoms with E-state index >= 15 is 0 Å². The number of H-pyrrole nitrogens is 1. The Bertz CT molecular complexity index is 778. The number of amides is 2. The number of carbonyl (C=O) groups is 2. The molecule has 0 aliphatic heterocycles. The third-order valence-electron chi connectivity index (χ3n) is 3.94. The van der Waals surface area contributed by atoms with Gasteiger partial charge in [0.05, 0.1) is 0 Å². The topological polar surface area (TPSA) is 96.1 Å². The first-order valence-electron chi connectivity index (χ1n) is 9.49. The van der Waals surface area contributed by atoms with Crippen LogP contribution in [0.5, 0.6) is 0 Å². The number of aromatic nitrogens is 2. The van der Waals surface area contributed by atoms with E-state index in [0.717, 1.165) is 17.1 Å². The van der Waals surface area contributed by atoms with Gasteiger partial charge in [0.15, 0.2) is 0 Å². The van der Waals surface area contributed by atoms with Crippen LogP contribution in [0.4, 0.5) is 4.79 Å². The summed E-state index contributed by atoms with van der Waals surface area (Å²) in [6.07, 6.45) is 1.36. The molecular weight excluding hydrogens is 356 g/mol. The summed E-state index contributed by atoms with van der Waals surface area (Å²) >= 11 is 0. The molecule has 0 saturated carbocycles. The maximum absolute atomic E-state index is 12.7. The zero-order chi connectivity index (χ0) is 20.7. The van der Waals surface area contributed by atoms with Crippen LogP contribution < -0.4 is 10.6 Å². The summed E-state index contributed by atoms with van der Waals surface area (Å²) in [5.74, 6) is 0.809. The largest absolute Gasteiger partial charge is 0.444 e. The van der Waals surface area contributed by atoms with Crippen molar-refractivity contribution in [2.45, 2.75) is 65.1 Å². The average molecular weight is 386 g/mol. The van der Waals surface area contributed by atoms with E-state index in [-0.39, 0.29) is 11.8 Å². The lowest BCUT2D eigenvalue weighted by molar-refractivity contribution is -0.123. The number of hydrogen-bond donors (Lipinski definition) is 3. The van der Waals surface area contributed by atoms with Crippen LogP contribution in [0.2, 0.25) is 0 Å². The fraction of sp³-hybridized carbons (Fsp3) is 0.476. The van der Waals surface area contributed by atoms with Crippen molar-refractivity contribution in [1.29, 1.82) is 0 Å². The zero-order valence-electron chi connectivity index (χ0n) is 17.2. The molecule has 0 bridgehead atoms. The highest BCUT2D eigenvalue weighted by molar-refractivity contribution is 5.85. The Balaban J connectivity index is 2.07. The molecule has 2 aromatic rings. The summed E-state index contributed by atoms with van der Waals surface area (Å²) < 4.78 is 5.31. The highest BCUT2D eigenvalue weighted by atomic mass is 16.6. The standard InChI is InChI=1S/C21H30N4O3/c1-14(2)18-22-13-16(24-18)11-17(25-20(27)28-21(3,4)5)19(26)23-12-15-9-7-6-8-10-15/h6-10,13-14,17H,11-12H2,1-5H3,(H,22,24)(H,23,26)(H,25,27)/t17-/m0/s1. The number of nitrogens with one attached hydrogen (secondary N) is 3. The van der Waals surface area contributed by atoms with Crippen LogP contribution in [0.15, 0.2) is 36.5 Å². The van der Waals surface area contributed by atoms with Crippen LogP contribution in [-0.4, -0.2) is 33.6 Å².